The van der Waals surface area contributed by atoms with Crippen molar-refractivity contribution in [2.45, 2.75) is 48.5 Å². The number of hydrogen-bond acceptors (Lipinski definition) is 1. The largest absolute Gasteiger partial charge is 0.494 e. The van der Waals surface area contributed by atoms with Crippen molar-refractivity contribution in [3.05, 3.63) is 34.6 Å². The van der Waals surface area contributed by atoms with Crippen molar-refractivity contribution in [2.75, 3.05) is 6.61 Å². The van der Waals surface area contributed by atoms with Crippen molar-refractivity contribution in [3.8, 4) is 0 Å². The lowest BCUT2D eigenvalue weighted by molar-refractivity contribution is 0.236. The molecule has 0 amide bonds. The van der Waals surface area contributed by atoms with Gasteiger partial charge in [-0.2, -0.15) is 0 Å². The molecule has 0 radical (unpaired) electrons. The van der Waals surface area contributed by atoms with Crippen LogP contribution in [0.3, 0.4) is 0 Å². The fourth-order valence-electron chi connectivity index (χ4n) is 2.04. The van der Waals surface area contributed by atoms with Gasteiger partial charge in [0.25, 0.3) is 0 Å². The third kappa shape index (κ3) is 3.88. The first-order valence-corrected chi connectivity index (χ1v) is 6.13. The maximum atomic E-state index is 5.65. The van der Waals surface area contributed by atoms with E-state index in [1.807, 2.05) is 19.9 Å². The first-order valence-electron chi connectivity index (χ1n) is 6.13. The van der Waals surface area contributed by atoms with Gasteiger partial charge >= 0.3 is 0 Å². The molecule has 0 bridgehead atoms. The molecule has 0 saturated heterocycles. The Kier molecular flexibility index (Phi) is 6.87. The summed E-state index contributed by atoms with van der Waals surface area (Å²) < 4.78 is 5.65. The maximum Gasteiger partial charge on any atom is 0.118 e. The second-order valence-corrected chi connectivity index (χ2v) is 4.25. The molecule has 0 aromatic rings. The standard InChI is InChI=1S/C15H26O/c1-8-12(6)15(11(4)5)13(7)14(9-2)16-10-3/h8-9,11H,10H2,1-7H3/b12-8-,14-9+,15-13+. The second kappa shape index (κ2) is 7.32. The minimum Gasteiger partial charge on any atom is -0.494 e. The van der Waals surface area contributed by atoms with Crippen molar-refractivity contribution in [2.24, 2.45) is 5.92 Å². The average Bonchev–Trinajstić information content (AvgIpc) is 2.24. The Morgan fingerprint density at radius 3 is 2.00 bits per heavy atom. The monoisotopic (exact) mass is 222 g/mol. The fraction of sp³-hybridized carbons (Fsp3) is 0.600. The second-order valence-electron chi connectivity index (χ2n) is 4.25. The van der Waals surface area contributed by atoms with E-state index in [0.717, 1.165) is 12.4 Å². The lowest BCUT2D eigenvalue weighted by Gasteiger charge is -2.19. The molecule has 1 heteroatoms. The van der Waals surface area contributed by atoms with E-state index >= 15 is 0 Å². The average molecular weight is 222 g/mol. The highest BCUT2D eigenvalue weighted by atomic mass is 16.5. The Morgan fingerprint density at radius 1 is 1.12 bits per heavy atom. The summed E-state index contributed by atoms with van der Waals surface area (Å²) >= 11 is 0. The van der Waals surface area contributed by atoms with Gasteiger partial charge in [-0.25, -0.2) is 0 Å². The summed E-state index contributed by atoms with van der Waals surface area (Å²) in [5, 5.41) is 0. The van der Waals surface area contributed by atoms with E-state index in [0.29, 0.717) is 5.92 Å². The lowest BCUT2D eigenvalue weighted by Crippen LogP contribution is -2.04. The summed E-state index contributed by atoms with van der Waals surface area (Å²) in [4.78, 5) is 0. The smallest absolute Gasteiger partial charge is 0.118 e. The first-order chi connectivity index (χ1) is 7.49. The van der Waals surface area contributed by atoms with Crippen molar-refractivity contribution < 1.29 is 4.74 Å². The molecule has 0 N–H and O–H groups in total. The van der Waals surface area contributed by atoms with Crippen LogP contribution in [0.4, 0.5) is 0 Å². The highest BCUT2D eigenvalue weighted by molar-refractivity contribution is 5.41. The molecular weight excluding hydrogens is 196 g/mol. The van der Waals surface area contributed by atoms with Crippen molar-refractivity contribution in [3.63, 3.8) is 0 Å². The zero-order valence-electron chi connectivity index (χ0n) is 11.8. The van der Waals surface area contributed by atoms with E-state index in [1.165, 1.54) is 16.7 Å². The summed E-state index contributed by atoms with van der Waals surface area (Å²) in [7, 11) is 0. The number of rotatable bonds is 5. The van der Waals surface area contributed by atoms with Crippen LogP contribution in [0.25, 0.3) is 0 Å². The van der Waals surface area contributed by atoms with Crippen LogP contribution >= 0.6 is 0 Å². The molecule has 0 aliphatic rings. The molecule has 0 heterocycles. The van der Waals surface area contributed by atoms with E-state index in [9.17, 15) is 0 Å². The summed E-state index contributed by atoms with van der Waals surface area (Å²) in [5.74, 6) is 1.53. The van der Waals surface area contributed by atoms with Gasteiger partial charge < -0.3 is 4.74 Å². The predicted molar refractivity (Wildman–Crippen MR) is 72.4 cm³/mol. The third-order valence-corrected chi connectivity index (χ3v) is 2.77. The Hall–Kier alpha value is -0.980. The molecule has 92 valence electrons. The van der Waals surface area contributed by atoms with Crippen LogP contribution in [0.5, 0.6) is 0 Å². The van der Waals surface area contributed by atoms with Gasteiger partial charge in [0.1, 0.15) is 5.76 Å². The van der Waals surface area contributed by atoms with E-state index in [4.69, 9.17) is 4.74 Å². The highest BCUT2D eigenvalue weighted by Crippen LogP contribution is 2.27. The van der Waals surface area contributed by atoms with E-state index < -0.39 is 0 Å². The van der Waals surface area contributed by atoms with Crippen LogP contribution < -0.4 is 0 Å². The van der Waals surface area contributed by atoms with Crippen LogP contribution in [0.15, 0.2) is 34.6 Å². The van der Waals surface area contributed by atoms with E-state index in [2.05, 4.69) is 40.7 Å². The minimum absolute atomic E-state index is 0.520. The van der Waals surface area contributed by atoms with Gasteiger partial charge in [-0.1, -0.05) is 25.5 Å². The van der Waals surface area contributed by atoms with Gasteiger partial charge in [0.2, 0.25) is 0 Å². The van der Waals surface area contributed by atoms with Gasteiger partial charge in [-0.3, -0.25) is 0 Å². The fourth-order valence-corrected chi connectivity index (χ4v) is 2.04. The minimum atomic E-state index is 0.520. The lowest BCUT2D eigenvalue weighted by atomic mass is 9.90. The molecule has 0 rings (SSSR count). The molecule has 16 heavy (non-hydrogen) atoms. The van der Waals surface area contributed by atoms with Crippen molar-refractivity contribution in [1.82, 2.24) is 0 Å². The van der Waals surface area contributed by atoms with Gasteiger partial charge in [0, 0.05) is 0 Å². The van der Waals surface area contributed by atoms with Crippen LogP contribution in [-0.4, -0.2) is 6.61 Å². The molecule has 0 saturated carbocycles. The summed E-state index contributed by atoms with van der Waals surface area (Å²) in [6, 6.07) is 0. The summed E-state index contributed by atoms with van der Waals surface area (Å²) in [6.45, 7) is 15.6. The van der Waals surface area contributed by atoms with Gasteiger partial charge in [-0.05, 0) is 57.8 Å². The zero-order valence-corrected chi connectivity index (χ0v) is 11.8. The molecule has 0 atom stereocenters. The normalized spacial score (nSPS) is 15.2. The van der Waals surface area contributed by atoms with Crippen LogP contribution in [0.1, 0.15) is 48.5 Å². The van der Waals surface area contributed by atoms with Gasteiger partial charge in [-0.15, -0.1) is 0 Å². The van der Waals surface area contributed by atoms with Gasteiger partial charge in [0.15, 0.2) is 0 Å². The quantitative estimate of drug-likeness (QED) is 0.476. The van der Waals surface area contributed by atoms with Crippen LogP contribution in [-0.2, 0) is 4.74 Å². The first kappa shape index (κ1) is 15.0. The molecule has 1 nitrogen and oxygen atoms in total. The molecule has 0 aromatic heterocycles. The Bertz CT molecular complexity index is 303. The zero-order chi connectivity index (χ0) is 12.7. The Balaban J connectivity index is 5.43. The van der Waals surface area contributed by atoms with E-state index in [1.54, 1.807) is 0 Å². The van der Waals surface area contributed by atoms with Crippen molar-refractivity contribution >= 4 is 0 Å². The molecule has 0 unspecified atom stereocenters. The Labute approximate surface area is 101 Å². The SMILES string of the molecule is C\C=C(C)/C(=C(C)/C(=C\C)OCC)C(C)C. The topological polar surface area (TPSA) is 9.23 Å². The Morgan fingerprint density at radius 2 is 1.69 bits per heavy atom. The molecule has 0 aliphatic carbocycles. The van der Waals surface area contributed by atoms with Crippen molar-refractivity contribution in [1.29, 1.82) is 0 Å². The van der Waals surface area contributed by atoms with Crippen LogP contribution in [0, 0.1) is 5.92 Å². The predicted octanol–water partition coefficient (Wildman–Crippen LogP) is 4.87. The molecule has 0 aliphatic heterocycles. The number of allylic oxidation sites excluding steroid dienone is 5. The number of ether oxygens (including phenoxy) is 1. The van der Waals surface area contributed by atoms with Gasteiger partial charge in [0.05, 0.1) is 6.61 Å². The number of hydrogen-bond donors (Lipinski definition) is 0. The molecule has 0 aromatic carbocycles. The third-order valence-electron chi connectivity index (χ3n) is 2.77. The van der Waals surface area contributed by atoms with Crippen LogP contribution in [0.2, 0.25) is 0 Å². The highest BCUT2D eigenvalue weighted by Gasteiger charge is 2.12. The summed E-state index contributed by atoms with van der Waals surface area (Å²) in [6.07, 6.45) is 4.21. The van der Waals surface area contributed by atoms with E-state index in [-0.39, 0.29) is 0 Å². The molecular formula is C15H26O. The summed E-state index contributed by atoms with van der Waals surface area (Å²) in [5.41, 5.74) is 3.99. The maximum absolute atomic E-state index is 5.65. The molecule has 0 fully saturated rings. The molecule has 0 spiro atoms.